The SMILES string of the molecule is CCSCCCNC1COC1. The molecule has 1 fully saturated rings. The molecular formula is C8H17NOS. The van der Waals surface area contributed by atoms with E-state index in [-0.39, 0.29) is 0 Å². The summed E-state index contributed by atoms with van der Waals surface area (Å²) >= 11 is 2.01. The summed E-state index contributed by atoms with van der Waals surface area (Å²) in [6, 6.07) is 0.654. The highest BCUT2D eigenvalue weighted by Crippen LogP contribution is 2.02. The van der Waals surface area contributed by atoms with Gasteiger partial charge in [-0.2, -0.15) is 11.8 Å². The van der Waals surface area contributed by atoms with Gasteiger partial charge in [-0.1, -0.05) is 6.92 Å². The Bertz CT molecular complexity index is 96.1. The molecule has 0 aromatic heterocycles. The van der Waals surface area contributed by atoms with Crippen LogP contribution in [0, 0.1) is 0 Å². The summed E-state index contributed by atoms with van der Waals surface area (Å²) in [4.78, 5) is 0. The molecule has 1 N–H and O–H groups in total. The molecule has 1 rings (SSSR count). The van der Waals surface area contributed by atoms with Gasteiger partial charge in [0.25, 0.3) is 0 Å². The first-order valence-electron chi connectivity index (χ1n) is 4.32. The monoisotopic (exact) mass is 175 g/mol. The van der Waals surface area contributed by atoms with E-state index in [0.717, 1.165) is 19.8 Å². The second kappa shape index (κ2) is 5.86. The van der Waals surface area contributed by atoms with Crippen LogP contribution < -0.4 is 5.32 Å². The second-order valence-corrected chi connectivity index (χ2v) is 4.13. The van der Waals surface area contributed by atoms with Gasteiger partial charge in [-0.3, -0.25) is 0 Å². The number of nitrogens with one attached hydrogen (secondary N) is 1. The Balaban J connectivity index is 1.73. The summed E-state index contributed by atoms with van der Waals surface area (Å²) in [7, 11) is 0. The van der Waals surface area contributed by atoms with Crippen molar-refractivity contribution in [3.63, 3.8) is 0 Å². The van der Waals surface area contributed by atoms with Gasteiger partial charge < -0.3 is 10.1 Å². The maximum Gasteiger partial charge on any atom is 0.0643 e. The van der Waals surface area contributed by atoms with Crippen LogP contribution in [-0.2, 0) is 4.74 Å². The van der Waals surface area contributed by atoms with Gasteiger partial charge in [-0.15, -0.1) is 0 Å². The molecule has 0 saturated carbocycles. The third-order valence-electron chi connectivity index (χ3n) is 1.74. The van der Waals surface area contributed by atoms with Crippen LogP contribution in [0.5, 0.6) is 0 Å². The summed E-state index contributed by atoms with van der Waals surface area (Å²) in [5.41, 5.74) is 0. The van der Waals surface area contributed by atoms with Crippen molar-refractivity contribution >= 4 is 11.8 Å². The van der Waals surface area contributed by atoms with E-state index < -0.39 is 0 Å². The molecule has 2 nitrogen and oxygen atoms in total. The first-order valence-corrected chi connectivity index (χ1v) is 5.48. The molecule has 0 aromatic carbocycles. The molecule has 0 aromatic rings. The standard InChI is InChI=1S/C8H17NOS/c1-2-11-5-3-4-9-8-6-10-7-8/h8-9H,2-7H2,1H3. The van der Waals surface area contributed by atoms with Crippen LogP contribution in [-0.4, -0.2) is 37.3 Å². The topological polar surface area (TPSA) is 21.3 Å². The first kappa shape index (κ1) is 9.36. The fraction of sp³-hybridized carbons (Fsp3) is 1.00. The maximum absolute atomic E-state index is 5.05. The molecule has 0 radical (unpaired) electrons. The quantitative estimate of drug-likeness (QED) is 0.611. The van der Waals surface area contributed by atoms with Crippen molar-refractivity contribution in [1.82, 2.24) is 5.32 Å². The lowest BCUT2D eigenvalue weighted by Crippen LogP contribution is -2.46. The molecule has 1 aliphatic rings. The van der Waals surface area contributed by atoms with Gasteiger partial charge in [0.2, 0.25) is 0 Å². The average molecular weight is 175 g/mol. The van der Waals surface area contributed by atoms with Crippen LogP contribution in [0.4, 0.5) is 0 Å². The second-order valence-electron chi connectivity index (χ2n) is 2.74. The molecule has 1 saturated heterocycles. The first-order chi connectivity index (χ1) is 5.43. The van der Waals surface area contributed by atoms with Gasteiger partial charge in [-0.25, -0.2) is 0 Å². The Morgan fingerprint density at radius 1 is 1.55 bits per heavy atom. The Morgan fingerprint density at radius 2 is 2.36 bits per heavy atom. The predicted molar refractivity (Wildman–Crippen MR) is 50.2 cm³/mol. The molecule has 11 heavy (non-hydrogen) atoms. The summed E-state index contributed by atoms with van der Waals surface area (Å²) in [5.74, 6) is 2.53. The molecule has 3 heteroatoms. The highest BCUT2D eigenvalue weighted by Gasteiger charge is 2.16. The van der Waals surface area contributed by atoms with E-state index in [0.29, 0.717) is 6.04 Å². The summed E-state index contributed by atoms with van der Waals surface area (Å²) < 4.78 is 5.05. The summed E-state index contributed by atoms with van der Waals surface area (Å²) in [6.07, 6.45) is 1.29. The lowest BCUT2D eigenvalue weighted by molar-refractivity contribution is -0.00474. The Hall–Kier alpha value is 0.270. The Morgan fingerprint density at radius 3 is 2.91 bits per heavy atom. The van der Waals surface area contributed by atoms with Gasteiger partial charge in [0.1, 0.15) is 0 Å². The van der Waals surface area contributed by atoms with Crippen LogP contribution in [0.15, 0.2) is 0 Å². The van der Waals surface area contributed by atoms with Crippen LogP contribution in [0.3, 0.4) is 0 Å². The fourth-order valence-corrected chi connectivity index (χ4v) is 1.62. The Kier molecular flexibility index (Phi) is 4.99. The molecule has 0 amide bonds. The van der Waals surface area contributed by atoms with Crippen molar-refractivity contribution in [3.05, 3.63) is 0 Å². The van der Waals surface area contributed by atoms with Crippen molar-refractivity contribution in [2.45, 2.75) is 19.4 Å². The predicted octanol–water partition coefficient (Wildman–Crippen LogP) is 1.12. The molecule has 0 aliphatic carbocycles. The molecule has 0 spiro atoms. The minimum absolute atomic E-state index is 0.654. The van der Waals surface area contributed by atoms with Gasteiger partial charge in [0, 0.05) is 0 Å². The zero-order chi connectivity index (χ0) is 7.94. The normalized spacial score (nSPS) is 18.3. The molecule has 1 heterocycles. The highest BCUT2D eigenvalue weighted by atomic mass is 32.2. The van der Waals surface area contributed by atoms with E-state index in [1.54, 1.807) is 0 Å². The number of ether oxygens (including phenoxy) is 1. The molecule has 0 atom stereocenters. The van der Waals surface area contributed by atoms with Gasteiger partial charge in [-0.05, 0) is 24.5 Å². The van der Waals surface area contributed by atoms with E-state index in [9.17, 15) is 0 Å². The van der Waals surface area contributed by atoms with Crippen LogP contribution in [0.2, 0.25) is 0 Å². The maximum atomic E-state index is 5.05. The minimum Gasteiger partial charge on any atom is -0.378 e. The van der Waals surface area contributed by atoms with Crippen molar-refractivity contribution in [2.24, 2.45) is 0 Å². The molecule has 66 valence electrons. The number of hydrogen-bond acceptors (Lipinski definition) is 3. The summed E-state index contributed by atoms with van der Waals surface area (Å²) in [6.45, 7) is 5.20. The lowest BCUT2D eigenvalue weighted by Gasteiger charge is -2.26. The zero-order valence-corrected chi connectivity index (χ0v) is 7.95. The summed E-state index contributed by atoms with van der Waals surface area (Å²) in [5, 5.41) is 3.44. The minimum atomic E-state index is 0.654. The number of hydrogen-bond donors (Lipinski definition) is 1. The third kappa shape index (κ3) is 3.99. The van der Waals surface area contributed by atoms with Crippen molar-refractivity contribution in [3.8, 4) is 0 Å². The van der Waals surface area contributed by atoms with Crippen molar-refractivity contribution < 1.29 is 4.74 Å². The van der Waals surface area contributed by atoms with Crippen LogP contribution in [0.1, 0.15) is 13.3 Å². The van der Waals surface area contributed by atoms with Crippen molar-refractivity contribution in [1.29, 1.82) is 0 Å². The average Bonchev–Trinajstić information content (AvgIpc) is 1.93. The highest BCUT2D eigenvalue weighted by molar-refractivity contribution is 7.99. The van der Waals surface area contributed by atoms with E-state index in [4.69, 9.17) is 4.74 Å². The van der Waals surface area contributed by atoms with Gasteiger partial charge in [0.05, 0.1) is 19.3 Å². The molecule has 0 unspecified atom stereocenters. The Labute approximate surface area is 73.1 Å². The number of rotatable bonds is 6. The van der Waals surface area contributed by atoms with Crippen molar-refractivity contribution in [2.75, 3.05) is 31.3 Å². The van der Waals surface area contributed by atoms with E-state index in [1.807, 2.05) is 11.8 Å². The van der Waals surface area contributed by atoms with E-state index >= 15 is 0 Å². The molecular weight excluding hydrogens is 158 g/mol. The lowest BCUT2D eigenvalue weighted by atomic mass is 10.2. The molecule has 1 aliphatic heterocycles. The van der Waals surface area contributed by atoms with Gasteiger partial charge >= 0.3 is 0 Å². The third-order valence-corrected chi connectivity index (χ3v) is 2.73. The van der Waals surface area contributed by atoms with E-state index in [1.165, 1.54) is 17.9 Å². The van der Waals surface area contributed by atoms with Gasteiger partial charge in [0.15, 0.2) is 0 Å². The molecule has 0 bridgehead atoms. The largest absolute Gasteiger partial charge is 0.378 e. The zero-order valence-electron chi connectivity index (χ0n) is 7.14. The smallest absolute Gasteiger partial charge is 0.0643 e. The van der Waals surface area contributed by atoms with Crippen LogP contribution in [0.25, 0.3) is 0 Å². The fourth-order valence-electron chi connectivity index (χ4n) is 0.978. The van der Waals surface area contributed by atoms with Crippen LogP contribution >= 0.6 is 11.8 Å². The van der Waals surface area contributed by atoms with E-state index in [2.05, 4.69) is 12.2 Å². The number of thioether (sulfide) groups is 1.